The number of aliphatic imine (C=N–C) groups is 1. The van der Waals surface area contributed by atoms with Gasteiger partial charge in [-0.25, -0.2) is 9.98 Å². The zero-order chi connectivity index (χ0) is 18.8. The van der Waals surface area contributed by atoms with Crippen LogP contribution in [0.3, 0.4) is 0 Å². The number of nitrogens with one attached hydrogen (secondary N) is 2. The quantitative estimate of drug-likeness (QED) is 0.729. The molecule has 1 aromatic carbocycles. The lowest BCUT2D eigenvalue weighted by molar-refractivity contribution is 0.514. The van der Waals surface area contributed by atoms with Crippen LogP contribution in [-0.4, -0.2) is 20.5 Å². The lowest BCUT2D eigenvalue weighted by Gasteiger charge is -2.31. The Morgan fingerprint density at radius 2 is 2.04 bits per heavy atom. The maximum absolute atomic E-state index is 12.6. The molecule has 0 amide bonds. The molecular formula is C19H17ClN6O. The SMILES string of the molecule is Cc1cc(=O)n2c(n1)NC(=NCc1ccccn1)N[C@@H]2c1ccc(Cl)cc1. The third kappa shape index (κ3) is 3.68. The van der Waals surface area contributed by atoms with E-state index >= 15 is 0 Å². The lowest BCUT2D eigenvalue weighted by Crippen LogP contribution is -2.48. The number of aryl methyl sites for hydroxylation is 1. The summed E-state index contributed by atoms with van der Waals surface area (Å²) < 4.78 is 1.57. The van der Waals surface area contributed by atoms with Crippen LogP contribution in [0.5, 0.6) is 0 Å². The molecule has 0 fully saturated rings. The highest BCUT2D eigenvalue weighted by molar-refractivity contribution is 6.30. The van der Waals surface area contributed by atoms with Crippen LogP contribution in [0.1, 0.15) is 23.1 Å². The first kappa shape index (κ1) is 17.2. The molecule has 3 aromatic rings. The predicted molar refractivity (Wildman–Crippen MR) is 105 cm³/mol. The summed E-state index contributed by atoms with van der Waals surface area (Å²) in [5.74, 6) is 0.969. The fourth-order valence-electron chi connectivity index (χ4n) is 2.89. The predicted octanol–water partition coefficient (Wildman–Crippen LogP) is 2.72. The highest BCUT2D eigenvalue weighted by Gasteiger charge is 2.26. The first-order chi connectivity index (χ1) is 13.1. The molecule has 0 saturated carbocycles. The van der Waals surface area contributed by atoms with Crippen molar-refractivity contribution in [3.8, 4) is 0 Å². The molecule has 0 saturated heterocycles. The number of nitrogens with zero attached hydrogens (tertiary/aromatic N) is 4. The van der Waals surface area contributed by atoms with Crippen LogP contribution >= 0.6 is 11.6 Å². The van der Waals surface area contributed by atoms with Crippen LogP contribution in [0.25, 0.3) is 0 Å². The van der Waals surface area contributed by atoms with E-state index in [1.165, 1.54) is 6.07 Å². The van der Waals surface area contributed by atoms with Crippen molar-refractivity contribution in [1.82, 2.24) is 19.9 Å². The van der Waals surface area contributed by atoms with E-state index in [4.69, 9.17) is 11.6 Å². The van der Waals surface area contributed by atoms with E-state index in [9.17, 15) is 4.79 Å². The van der Waals surface area contributed by atoms with Gasteiger partial charge in [-0.05, 0) is 36.8 Å². The van der Waals surface area contributed by atoms with Crippen molar-refractivity contribution < 1.29 is 0 Å². The van der Waals surface area contributed by atoms with Gasteiger partial charge < -0.3 is 5.32 Å². The van der Waals surface area contributed by atoms with Gasteiger partial charge in [-0.15, -0.1) is 0 Å². The number of hydrogen-bond donors (Lipinski definition) is 2. The Morgan fingerprint density at radius 1 is 1.22 bits per heavy atom. The second kappa shape index (κ2) is 7.20. The summed E-state index contributed by atoms with van der Waals surface area (Å²) >= 11 is 6.00. The molecule has 1 atom stereocenters. The molecule has 136 valence electrons. The van der Waals surface area contributed by atoms with Crippen molar-refractivity contribution >= 4 is 23.5 Å². The molecule has 0 spiro atoms. The van der Waals surface area contributed by atoms with Crippen molar-refractivity contribution in [3.63, 3.8) is 0 Å². The standard InChI is InChI=1S/C19H17ClN6O/c1-12-10-16(27)26-17(13-5-7-14(20)8-6-13)24-18(25-19(26)23-12)22-11-15-4-2-3-9-21-15/h2-10,17H,11H2,1H3,(H2,22,23,24,25)/t17-/m0/s1. The van der Waals surface area contributed by atoms with E-state index in [2.05, 4.69) is 25.6 Å². The number of aromatic nitrogens is 3. The number of pyridine rings is 1. The number of fused-ring (bicyclic) bond motifs is 1. The number of benzene rings is 1. The second-order valence-electron chi connectivity index (χ2n) is 6.14. The van der Waals surface area contributed by atoms with E-state index in [-0.39, 0.29) is 5.56 Å². The van der Waals surface area contributed by atoms with Crippen molar-refractivity contribution in [2.75, 3.05) is 5.32 Å². The van der Waals surface area contributed by atoms with Gasteiger partial charge in [0.05, 0.1) is 12.2 Å². The molecule has 2 N–H and O–H groups in total. The molecule has 4 rings (SSSR count). The first-order valence-corrected chi connectivity index (χ1v) is 8.81. The number of hydrogen-bond acceptors (Lipinski definition) is 4. The Kier molecular flexibility index (Phi) is 4.60. The normalized spacial score (nSPS) is 17.1. The molecule has 1 aliphatic rings. The number of halogens is 1. The lowest BCUT2D eigenvalue weighted by atomic mass is 10.1. The minimum Gasteiger partial charge on any atom is -0.331 e. The third-order valence-electron chi connectivity index (χ3n) is 4.15. The molecule has 3 heterocycles. The summed E-state index contributed by atoms with van der Waals surface area (Å²) in [6.07, 6.45) is 1.29. The number of rotatable bonds is 3. The largest absolute Gasteiger partial charge is 0.331 e. The maximum atomic E-state index is 12.6. The molecule has 0 unspecified atom stereocenters. The zero-order valence-electron chi connectivity index (χ0n) is 14.6. The van der Waals surface area contributed by atoms with Crippen LogP contribution in [-0.2, 0) is 6.54 Å². The Morgan fingerprint density at radius 3 is 2.78 bits per heavy atom. The van der Waals surface area contributed by atoms with E-state index in [1.54, 1.807) is 29.8 Å². The Balaban J connectivity index is 1.74. The topological polar surface area (TPSA) is 84.2 Å². The fraction of sp³-hybridized carbons (Fsp3) is 0.158. The van der Waals surface area contributed by atoms with Crippen LogP contribution < -0.4 is 16.2 Å². The Bertz CT molecular complexity index is 1050. The molecule has 1 aliphatic heterocycles. The second-order valence-corrected chi connectivity index (χ2v) is 6.58. The Labute approximate surface area is 160 Å². The smallest absolute Gasteiger partial charge is 0.257 e. The summed E-state index contributed by atoms with van der Waals surface area (Å²) in [5, 5.41) is 6.99. The minimum absolute atomic E-state index is 0.152. The van der Waals surface area contributed by atoms with Gasteiger partial charge in [-0.2, -0.15) is 0 Å². The van der Waals surface area contributed by atoms with Crippen molar-refractivity contribution in [2.24, 2.45) is 4.99 Å². The number of guanidine groups is 1. The fourth-order valence-corrected chi connectivity index (χ4v) is 3.02. The third-order valence-corrected chi connectivity index (χ3v) is 4.41. The van der Waals surface area contributed by atoms with Gasteiger partial charge in [0.2, 0.25) is 5.95 Å². The van der Waals surface area contributed by atoms with Crippen molar-refractivity contribution in [2.45, 2.75) is 19.6 Å². The molecule has 0 aliphatic carbocycles. The summed E-state index contributed by atoms with van der Waals surface area (Å²) in [7, 11) is 0. The molecule has 2 aromatic heterocycles. The summed E-state index contributed by atoms with van der Waals surface area (Å²) in [6, 6.07) is 14.5. The van der Waals surface area contributed by atoms with E-state index in [0.717, 1.165) is 11.3 Å². The molecule has 8 heteroatoms. The molecule has 0 radical (unpaired) electrons. The Hall–Kier alpha value is -3.19. The molecular weight excluding hydrogens is 364 g/mol. The van der Waals surface area contributed by atoms with Crippen LogP contribution in [0, 0.1) is 6.92 Å². The van der Waals surface area contributed by atoms with Crippen molar-refractivity contribution in [3.05, 3.63) is 87.1 Å². The monoisotopic (exact) mass is 380 g/mol. The highest BCUT2D eigenvalue weighted by atomic mass is 35.5. The molecule has 0 bridgehead atoms. The van der Waals surface area contributed by atoms with Gasteiger partial charge >= 0.3 is 0 Å². The minimum atomic E-state index is -0.443. The van der Waals surface area contributed by atoms with Gasteiger partial charge in [-0.1, -0.05) is 29.8 Å². The van der Waals surface area contributed by atoms with E-state index < -0.39 is 6.17 Å². The van der Waals surface area contributed by atoms with Gasteiger partial charge in [0, 0.05) is 23.0 Å². The summed E-state index contributed by atoms with van der Waals surface area (Å²) in [5.41, 5.74) is 2.21. The summed E-state index contributed by atoms with van der Waals surface area (Å²) in [6.45, 7) is 2.19. The van der Waals surface area contributed by atoms with Gasteiger partial charge in [-0.3, -0.25) is 19.7 Å². The molecule has 27 heavy (non-hydrogen) atoms. The van der Waals surface area contributed by atoms with E-state index in [1.807, 2.05) is 30.3 Å². The molecule has 7 nitrogen and oxygen atoms in total. The van der Waals surface area contributed by atoms with Crippen LogP contribution in [0.4, 0.5) is 5.95 Å². The van der Waals surface area contributed by atoms with Gasteiger partial charge in [0.1, 0.15) is 6.17 Å². The number of anilines is 1. The van der Waals surface area contributed by atoms with Crippen molar-refractivity contribution in [1.29, 1.82) is 0 Å². The zero-order valence-corrected chi connectivity index (χ0v) is 15.3. The van der Waals surface area contributed by atoms with Gasteiger partial charge in [0.15, 0.2) is 5.96 Å². The van der Waals surface area contributed by atoms with Gasteiger partial charge in [0.25, 0.3) is 5.56 Å². The average Bonchev–Trinajstić information content (AvgIpc) is 2.67. The average molecular weight is 381 g/mol. The van der Waals surface area contributed by atoms with Crippen LogP contribution in [0.15, 0.2) is 64.5 Å². The van der Waals surface area contributed by atoms with E-state index in [0.29, 0.717) is 29.2 Å². The van der Waals surface area contributed by atoms with Crippen LogP contribution in [0.2, 0.25) is 5.02 Å². The first-order valence-electron chi connectivity index (χ1n) is 8.44. The highest BCUT2D eigenvalue weighted by Crippen LogP contribution is 2.23. The summed E-state index contributed by atoms with van der Waals surface area (Å²) in [4.78, 5) is 25.9. The maximum Gasteiger partial charge on any atom is 0.257 e.